The van der Waals surface area contributed by atoms with Crippen molar-refractivity contribution in [3.05, 3.63) is 47.3 Å². The van der Waals surface area contributed by atoms with Gasteiger partial charge in [0.1, 0.15) is 0 Å². The van der Waals surface area contributed by atoms with Gasteiger partial charge in [-0.25, -0.2) is 9.97 Å². The summed E-state index contributed by atoms with van der Waals surface area (Å²) in [6.45, 7) is 3.04. The first kappa shape index (κ1) is 24.4. The number of hydrogen-bond acceptors (Lipinski definition) is 6. The van der Waals surface area contributed by atoms with Crippen molar-refractivity contribution in [2.24, 2.45) is 11.7 Å². The number of piperazine rings is 1. The molecule has 0 spiro atoms. The zero-order chi connectivity index (χ0) is 24.3. The van der Waals surface area contributed by atoms with Crippen LogP contribution in [0.25, 0.3) is 0 Å². The predicted octanol–water partition coefficient (Wildman–Crippen LogP) is 3.69. The van der Waals surface area contributed by atoms with E-state index in [1.54, 1.807) is 24.3 Å². The Morgan fingerprint density at radius 3 is 2.44 bits per heavy atom. The number of rotatable bonds is 5. The number of amides is 1. The van der Waals surface area contributed by atoms with E-state index < -0.39 is 11.7 Å². The largest absolute Gasteiger partial charge is 0.419 e. The van der Waals surface area contributed by atoms with E-state index in [2.05, 4.69) is 20.2 Å². The smallest absolute Gasteiger partial charge is 0.336 e. The molecule has 3 N–H and O–H groups in total. The molecule has 7 nitrogen and oxygen atoms in total. The van der Waals surface area contributed by atoms with Crippen LogP contribution in [0.5, 0.6) is 0 Å². The lowest BCUT2D eigenvalue weighted by Crippen LogP contribution is -2.47. The van der Waals surface area contributed by atoms with Crippen LogP contribution in [-0.4, -0.2) is 64.9 Å². The molecule has 1 amide bonds. The Labute approximate surface area is 197 Å². The minimum Gasteiger partial charge on any atom is -0.336 e. The van der Waals surface area contributed by atoms with Crippen LogP contribution in [0.4, 0.5) is 24.8 Å². The highest BCUT2D eigenvalue weighted by molar-refractivity contribution is 5.94. The van der Waals surface area contributed by atoms with Crippen LogP contribution in [0, 0.1) is 5.92 Å². The summed E-state index contributed by atoms with van der Waals surface area (Å²) in [6, 6.07) is 6.71. The number of anilines is 2. The van der Waals surface area contributed by atoms with Gasteiger partial charge in [0.15, 0.2) is 0 Å². The molecule has 2 fully saturated rings. The van der Waals surface area contributed by atoms with Crippen LogP contribution in [0.2, 0.25) is 0 Å². The first-order valence-electron chi connectivity index (χ1n) is 11.7. The third-order valence-corrected chi connectivity index (χ3v) is 6.77. The monoisotopic (exact) mass is 476 g/mol. The van der Waals surface area contributed by atoms with Gasteiger partial charge in [-0.3, -0.25) is 4.79 Å². The van der Waals surface area contributed by atoms with E-state index in [1.165, 1.54) is 0 Å². The molecule has 2 atom stereocenters. The molecule has 0 radical (unpaired) electrons. The minimum atomic E-state index is -4.53. The molecular formula is C24H31F3N6O. The summed E-state index contributed by atoms with van der Waals surface area (Å²) in [5, 5.41) is 2.97. The molecule has 2 heterocycles. The highest BCUT2D eigenvalue weighted by Gasteiger charge is 2.36. The van der Waals surface area contributed by atoms with Crippen molar-refractivity contribution >= 4 is 17.5 Å². The predicted molar refractivity (Wildman–Crippen MR) is 124 cm³/mol. The first-order chi connectivity index (χ1) is 16.2. The molecule has 1 aromatic carbocycles. The third-order valence-electron chi connectivity index (χ3n) is 6.77. The number of nitrogens with one attached hydrogen (secondary N) is 1. The van der Waals surface area contributed by atoms with Crippen LogP contribution < -0.4 is 11.1 Å². The van der Waals surface area contributed by atoms with Gasteiger partial charge in [-0.1, -0.05) is 12.8 Å². The van der Waals surface area contributed by atoms with Gasteiger partial charge in [-0.2, -0.15) is 13.2 Å². The zero-order valence-electron chi connectivity index (χ0n) is 19.3. The number of aromatic nitrogens is 2. The van der Waals surface area contributed by atoms with Crippen LogP contribution in [0.1, 0.15) is 47.3 Å². The summed E-state index contributed by atoms with van der Waals surface area (Å²) in [5.74, 6) is 0.0273. The van der Waals surface area contributed by atoms with E-state index in [0.29, 0.717) is 24.3 Å². The summed E-state index contributed by atoms with van der Waals surface area (Å²) in [6.07, 6.45) is 0.0755. The maximum Gasteiger partial charge on any atom is 0.419 e. The fourth-order valence-corrected chi connectivity index (χ4v) is 4.63. The van der Waals surface area contributed by atoms with Gasteiger partial charge in [-0.15, -0.1) is 0 Å². The summed E-state index contributed by atoms with van der Waals surface area (Å²) in [7, 11) is 2.03. The lowest BCUT2D eigenvalue weighted by atomic mass is 9.81. The van der Waals surface area contributed by atoms with Gasteiger partial charge in [0.05, 0.1) is 11.3 Å². The van der Waals surface area contributed by atoms with Crippen LogP contribution in [-0.2, 0) is 12.6 Å². The molecule has 184 valence electrons. The van der Waals surface area contributed by atoms with Crippen molar-refractivity contribution in [2.45, 2.75) is 44.3 Å². The van der Waals surface area contributed by atoms with Crippen molar-refractivity contribution in [2.75, 3.05) is 38.5 Å². The van der Waals surface area contributed by atoms with E-state index in [1.807, 2.05) is 11.9 Å². The number of benzene rings is 1. The van der Waals surface area contributed by atoms with Crippen LogP contribution in [0.15, 0.2) is 30.5 Å². The van der Waals surface area contributed by atoms with E-state index in [0.717, 1.165) is 45.0 Å². The molecule has 1 saturated heterocycles. The number of nitrogens with zero attached hydrogens (tertiary/aromatic N) is 4. The molecule has 2 aliphatic rings. The fraction of sp³-hybridized carbons (Fsp3) is 0.542. The molecule has 2 aromatic rings. The summed E-state index contributed by atoms with van der Waals surface area (Å²) in [4.78, 5) is 24.8. The summed E-state index contributed by atoms with van der Waals surface area (Å²) < 4.78 is 40.7. The molecule has 1 saturated carbocycles. The summed E-state index contributed by atoms with van der Waals surface area (Å²) in [5.41, 5.74) is 6.48. The zero-order valence-corrected chi connectivity index (χ0v) is 19.3. The number of carbonyl (C=O) groups is 1. The van der Waals surface area contributed by atoms with Crippen LogP contribution >= 0.6 is 0 Å². The Balaban J connectivity index is 1.48. The standard InChI is InChI=1S/C24H31F3N6O/c1-32-10-12-33(13-11-32)22(34)16-6-8-18(9-7-16)30-23-29-15-19(24(25,26)27)21(31-23)14-17-4-2-3-5-20(17)28/h6-9,15,17,20H,2-5,10-14,28H2,1H3,(H,29,30,31)/t17-,20-/m0/s1. The van der Waals surface area contributed by atoms with Gasteiger partial charge in [0.2, 0.25) is 5.95 Å². The average molecular weight is 477 g/mol. The Kier molecular flexibility index (Phi) is 7.37. The molecule has 4 rings (SSSR count). The Bertz CT molecular complexity index is 989. The van der Waals surface area contributed by atoms with Gasteiger partial charge >= 0.3 is 6.18 Å². The number of alkyl halides is 3. The number of carbonyl (C=O) groups excluding carboxylic acids is 1. The second kappa shape index (κ2) is 10.3. The molecule has 1 aliphatic heterocycles. The topological polar surface area (TPSA) is 87.4 Å². The van der Waals surface area contributed by atoms with E-state index in [9.17, 15) is 18.0 Å². The highest BCUT2D eigenvalue weighted by Crippen LogP contribution is 2.34. The quantitative estimate of drug-likeness (QED) is 0.685. The summed E-state index contributed by atoms with van der Waals surface area (Å²) >= 11 is 0. The van der Waals surface area contributed by atoms with Gasteiger partial charge in [-0.05, 0) is 56.5 Å². The lowest BCUT2D eigenvalue weighted by Gasteiger charge is -2.32. The van der Waals surface area contributed by atoms with Gasteiger partial charge < -0.3 is 20.9 Å². The Morgan fingerprint density at radius 1 is 1.12 bits per heavy atom. The molecular weight excluding hydrogens is 445 g/mol. The molecule has 34 heavy (non-hydrogen) atoms. The van der Waals surface area contributed by atoms with E-state index >= 15 is 0 Å². The van der Waals surface area contributed by atoms with Crippen molar-refractivity contribution in [1.82, 2.24) is 19.8 Å². The van der Waals surface area contributed by atoms with Crippen molar-refractivity contribution in [3.63, 3.8) is 0 Å². The minimum absolute atomic E-state index is 0.0301. The average Bonchev–Trinajstić information content (AvgIpc) is 2.80. The number of likely N-dealkylation sites (N-methyl/N-ethyl adjacent to an activating group) is 1. The highest BCUT2D eigenvalue weighted by atomic mass is 19.4. The lowest BCUT2D eigenvalue weighted by molar-refractivity contribution is -0.138. The molecule has 0 bridgehead atoms. The van der Waals surface area contributed by atoms with Crippen LogP contribution in [0.3, 0.4) is 0 Å². The second-order valence-electron chi connectivity index (χ2n) is 9.26. The second-order valence-corrected chi connectivity index (χ2v) is 9.26. The maximum absolute atomic E-state index is 13.6. The molecule has 10 heteroatoms. The third kappa shape index (κ3) is 5.85. The molecule has 1 aliphatic carbocycles. The number of hydrogen-bond donors (Lipinski definition) is 2. The van der Waals surface area contributed by atoms with E-state index in [-0.39, 0.29) is 35.9 Å². The van der Waals surface area contributed by atoms with Crippen molar-refractivity contribution < 1.29 is 18.0 Å². The Morgan fingerprint density at radius 2 is 1.79 bits per heavy atom. The Hall–Kier alpha value is -2.72. The molecule has 0 unspecified atom stereocenters. The normalized spacial score (nSPS) is 22.0. The number of halogens is 3. The fourth-order valence-electron chi connectivity index (χ4n) is 4.63. The maximum atomic E-state index is 13.6. The van der Waals surface area contributed by atoms with Gasteiger partial charge in [0, 0.05) is 49.7 Å². The van der Waals surface area contributed by atoms with E-state index in [4.69, 9.17) is 5.73 Å². The van der Waals surface area contributed by atoms with Crippen molar-refractivity contribution in [3.8, 4) is 0 Å². The van der Waals surface area contributed by atoms with Gasteiger partial charge in [0.25, 0.3) is 5.91 Å². The SMILES string of the molecule is CN1CCN(C(=O)c2ccc(Nc3ncc(C(F)(F)F)c(C[C@@H]4CCCC[C@@H]4N)n3)cc2)CC1. The van der Waals surface area contributed by atoms with Crippen molar-refractivity contribution in [1.29, 1.82) is 0 Å². The first-order valence-corrected chi connectivity index (χ1v) is 11.7. The number of nitrogens with two attached hydrogens (primary N) is 1. The molecule has 1 aromatic heterocycles.